The second kappa shape index (κ2) is 28.0. The SMILES string of the molecule is COC(=O)[C@H](Cc1ccccc1)NC(=O)[C@H](CC(=O)NC(c1ccccc1)(c1ccccc1)c1ccccc1)NC(=O)[C@H](CCc1ccccc1)NC(=O)[C@H](CC(C)C)NC(=O)[C@H](Cc1cncn1C)NC(=O)OC(C)(C)C. The van der Waals surface area contributed by atoms with Crippen LogP contribution in [-0.4, -0.2) is 94.1 Å². The molecule has 78 heavy (non-hydrogen) atoms. The molecule has 17 nitrogen and oxygen atoms in total. The average molecular weight is 1060 g/mol. The zero-order chi connectivity index (χ0) is 56.2. The smallest absolute Gasteiger partial charge is 0.408 e. The largest absolute Gasteiger partial charge is 0.467 e. The van der Waals surface area contributed by atoms with Crippen LogP contribution in [0.15, 0.2) is 164 Å². The number of carbonyl (C=O) groups excluding carboxylic acids is 7. The maximum Gasteiger partial charge on any atom is 0.408 e. The van der Waals surface area contributed by atoms with E-state index >= 15 is 9.59 Å². The van der Waals surface area contributed by atoms with E-state index in [1.165, 1.54) is 7.11 Å². The highest BCUT2D eigenvalue weighted by molar-refractivity contribution is 5.97. The Kier molecular flexibility index (Phi) is 21.0. The van der Waals surface area contributed by atoms with Crippen molar-refractivity contribution in [2.75, 3.05) is 7.11 Å². The number of ether oxygens (including phenoxy) is 2. The molecule has 0 aliphatic heterocycles. The minimum atomic E-state index is -1.63. The first-order chi connectivity index (χ1) is 37.3. The molecule has 6 rings (SSSR count). The van der Waals surface area contributed by atoms with Crippen LogP contribution in [0, 0.1) is 5.92 Å². The van der Waals surface area contributed by atoms with E-state index in [9.17, 15) is 24.0 Å². The van der Waals surface area contributed by atoms with Gasteiger partial charge in [0, 0.05) is 31.8 Å². The van der Waals surface area contributed by atoms with Gasteiger partial charge in [-0.15, -0.1) is 0 Å². The number of nitrogens with zero attached hydrogens (tertiary/aromatic N) is 2. The van der Waals surface area contributed by atoms with Gasteiger partial charge < -0.3 is 45.9 Å². The number of hydrogen-bond acceptors (Lipinski definition) is 10. The van der Waals surface area contributed by atoms with Crippen molar-refractivity contribution in [2.45, 2.75) is 114 Å². The Morgan fingerprint density at radius 2 is 1.00 bits per heavy atom. The predicted octanol–water partition coefficient (Wildman–Crippen LogP) is 6.39. The summed E-state index contributed by atoms with van der Waals surface area (Å²) in [5, 5.41) is 17.2. The molecule has 0 saturated heterocycles. The van der Waals surface area contributed by atoms with Gasteiger partial charge in [-0.1, -0.05) is 166 Å². The summed E-state index contributed by atoms with van der Waals surface area (Å²) in [5.41, 5.74) is 2.14. The molecule has 6 aromatic rings. The van der Waals surface area contributed by atoms with E-state index in [2.05, 4.69) is 36.9 Å². The van der Waals surface area contributed by atoms with E-state index in [0.29, 0.717) is 34.4 Å². The minimum Gasteiger partial charge on any atom is -0.467 e. The second-order valence-electron chi connectivity index (χ2n) is 20.6. The Labute approximate surface area is 456 Å². The van der Waals surface area contributed by atoms with Crippen molar-refractivity contribution in [3.63, 3.8) is 0 Å². The number of nitrogens with one attached hydrogen (secondary N) is 6. The van der Waals surface area contributed by atoms with Crippen molar-refractivity contribution in [1.29, 1.82) is 0 Å². The predicted molar refractivity (Wildman–Crippen MR) is 296 cm³/mol. The Hall–Kier alpha value is -8.60. The summed E-state index contributed by atoms with van der Waals surface area (Å²) in [6.45, 7) is 8.82. The van der Waals surface area contributed by atoms with Gasteiger partial charge in [-0.3, -0.25) is 24.0 Å². The molecule has 6 N–H and O–H groups in total. The fraction of sp³-hybridized carbons (Fsp3) is 0.344. The van der Waals surface area contributed by atoms with Crippen molar-refractivity contribution in [3.05, 3.63) is 198 Å². The molecule has 0 aliphatic rings. The summed E-state index contributed by atoms with van der Waals surface area (Å²) < 4.78 is 12.3. The number of amides is 6. The van der Waals surface area contributed by atoms with Gasteiger partial charge in [0.05, 0.1) is 19.9 Å². The van der Waals surface area contributed by atoms with E-state index in [-0.39, 0.29) is 31.6 Å². The average Bonchev–Trinajstić information content (AvgIpc) is 3.93. The van der Waals surface area contributed by atoms with Gasteiger partial charge in [0.25, 0.3) is 0 Å². The molecule has 1 aromatic heterocycles. The lowest BCUT2D eigenvalue weighted by molar-refractivity contribution is -0.145. The zero-order valence-electron chi connectivity index (χ0n) is 45.4. The molecule has 0 bridgehead atoms. The van der Waals surface area contributed by atoms with E-state index in [0.717, 1.165) is 5.56 Å². The summed E-state index contributed by atoms with van der Waals surface area (Å²) in [6.07, 6.45) is 2.12. The van der Waals surface area contributed by atoms with Crippen LogP contribution in [0.25, 0.3) is 0 Å². The van der Waals surface area contributed by atoms with E-state index in [1.807, 2.05) is 141 Å². The number of methoxy groups -OCH3 is 1. The number of benzene rings is 5. The molecule has 5 aromatic carbocycles. The normalized spacial score (nSPS) is 13.3. The number of alkyl carbamates (subject to hydrolysis) is 1. The first kappa shape index (κ1) is 58.7. The lowest BCUT2D eigenvalue weighted by Gasteiger charge is -2.37. The number of aryl methyl sites for hydroxylation is 2. The molecule has 0 saturated carbocycles. The highest BCUT2D eigenvalue weighted by atomic mass is 16.6. The fourth-order valence-corrected chi connectivity index (χ4v) is 9.09. The molecule has 5 atom stereocenters. The number of rotatable bonds is 25. The Morgan fingerprint density at radius 1 is 0.551 bits per heavy atom. The lowest BCUT2D eigenvalue weighted by atomic mass is 9.77. The number of esters is 1. The molecule has 1 heterocycles. The van der Waals surface area contributed by atoms with Crippen LogP contribution in [0.5, 0.6) is 0 Å². The van der Waals surface area contributed by atoms with E-state index < -0.39 is 89.4 Å². The van der Waals surface area contributed by atoms with Crippen molar-refractivity contribution < 1.29 is 43.0 Å². The van der Waals surface area contributed by atoms with E-state index in [4.69, 9.17) is 9.47 Å². The Bertz CT molecular complexity index is 2820. The van der Waals surface area contributed by atoms with Crippen LogP contribution in [0.1, 0.15) is 87.4 Å². The van der Waals surface area contributed by atoms with Crippen LogP contribution in [0.2, 0.25) is 0 Å². The summed E-state index contributed by atoms with van der Waals surface area (Å²) in [5.74, 6) is -4.64. The highest BCUT2D eigenvalue weighted by Crippen LogP contribution is 2.37. The molecule has 0 unspecified atom stereocenters. The molecule has 0 fully saturated rings. The van der Waals surface area contributed by atoms with Gasteiger partial charge in [0.2, 0.25) is 29.5 Å². The third-order valence-electron chi connectivity index (χ3n) is 12.9. The molecular formula is C61H72N8O9. The van der Waals surface area contributed by atoms with Gasteiger partial charge in [-0.2, -0.15) is 0 Å². The number of carbonyl (C=O) groups is 7. The number of imidazole rings is 1. The fourth-order valence-electron chi connectivity index (χ4n) is 9.09. The van der Waals surface area contributed by atoms with Gasteiger partial charge in [0.15, 0.2) is 0 Å². The first-order valence-electron chi connectivity index (χ1n) is 26.1. The Morgan fingerprint density at radius 3 is 1.49 bits per heavy atom. The molecule has 0 aliphatic carbocycles. The maximum atomic E-state index is 15.0. The lowest BCUT2D eigenvalue weighted by Crippen LogP contribution is -2.60. The monoisotopic (exact) mass is 1060 g/mol. The number of aromatic nitrogens is 2. The van der Waals surface area contributed by atoms with Crippen LogP contribution < -0.4 is 31.9 Å². The molecule has 6 amide bonds. The van der Waals surface area contributed by atoms with Crippen LogP contribution in [0.3, 0.4) is 0 Å². The van der Waals surface area contributed by atoms with Crippen molar-refractivity contribution in [2.24, 2.45) is 13.0 Å². The molecule has 0 spiro atoms. The standard InChI is InChI=1S/C61H72N8O9/c1-41(2)35-49(64-56(73)50(37-47-39-62-40-69(47)6)67-59(76)78-60(3,4)5)55(72)63-48(34-33-42-23-13-8-14-24-42)54(71)65-51(57(74)66-52(58(75)77-7)36-43-25-15-9-16-26-43)38-53(70)68-61(44-27-17-10-18-28-44,45-29-19-11-20-30-45)46-31-21-12-22-32-46/h8-32,39-41,48-52H,33-38H2,1-7H3,(H,63,72)(H,64,73)(H,65,71)(H,66,74)(H,67,76)(H,68,70)/t48-,49-,50-,51-,52-/m0/s1. The maximum absolute atomic E-state index is 15.0. The van der Waals surface area contributed by atoms with Crippen LogP contribution in [-0.2, 0) is 70.1 Å². The van der Waals surface area contributed by atoms with Crippen molar-refractivity contribution >= 4 is 41.6 Å². The zero-order valence-corrected chi connectivity index (χ0v) is 45.4. The minimum absolute atomic E-state index is 0.00206. The summed E-state index contributed by atoms with van der Waals surface area (Å²) in [4.78, 5) is 105. The van der Waals surface area contributed by atoms with Gasteiger partial charge >= 0.3 is 12.1 Å². The first-order valence-corrected chi connectivity index (χ1v) is 26.1. The summed E-state index contributed by atoms with van der Waals surface area (Å²) in [6, 6.07) is 39.8. The molecule has 0 radical (unpaired) electrons. The quantitative estimate of drug-likeness (QED) is 0.0274. The van der Waals surface area contributed by atoms with Gasteiger partial charge in [-0.05, 0) is 73.8 Å². The van der Waals surface area contributed by atoms with Crippen molar-refractivity contribution in [1.82, 2.24) is 41.5 Å². The topological polar surface area (TPSA) is 228 Å². The molecule has 17 heteroatoms. The molecular weight excluding hydrogens is 989 g/mol. The summed E-state index contributed by atoms with van der Waals surface area (Å²) in [7, 11) is 2.94. The number of hydrogen-bond donors (Lipinski definition) is 6. The Balaban J connectivity index is 1.35. The molecule has 410 valence electrons. The third-order valence-corrected chi connectivity index (χ3v) is 12.9. The highest BCUT2D eigenvalue weighted by Gasteiger charge is 2.40. The van der Waals surface area contributed by atoms with Crippen molar-refractivity contribution in [3.8, 4) is 0 Å². The second-order valence-corrected chi connectivity index (χ2v) is 20.6. The summed E-state index contributed by atoms with van der Waals surface area (Å²) >= 11 is 0. The van der Waals surface area contributed by atoms with Crippen LogP contribution >= 0.6 is 0 Å². The van der Waals surface area contributed by atoms with E-state index in [1.54, 1.807) is 69.2 Å². The van der Waals surface area contributed by atoms with Crippen LogP contribution in [0.4, 0.5) is 4.79 Å². The van der Waals surface area contributed by atoms with Gasteiger partial charge in [-0.25, -0.2) is 14.6 Å². The third kappa shape index (κ3) is 17.0. The van der Waals surface area contributed by atoms with Gasteiger partial charge in [0.1, 0.15) is 41.3 Å².